The van der Waals surface area contributed by atoms with E-state index < -0.39 is 40.3 Å². The molecule has 10 heteroatoms. The summed E-state index contributed by atoms with van der Waals surface area (Å²) in [5.41, 5.74) is 1.30. The molecule has 2 heterocycles. The first-order valence-corrected chi connectivity index (χ1v) is 9.97. The molecule has 1 saturated heterocycles. The van der Waals surface area contributed by atoms with Gasteiger partial charge in [0.1, 0.15) is 5.69 Å². The van der Waals surface area contributed by atoms with Gasteiger partial charge in [-0.1, -0.05) is 6.92 Å². The molecule has 0 aromatic carbocycles. The number of esters is 2. The minimum Gasteiger partial charge on any atom is -0.465 e. The number of sulfone groups is 1. The molecule has 1 aromatic rings. The average Bonchev–Trinajstić information content (AvgIpc) is 3.10. The van der Waals surface area contributed by atoms with Crippen molar-refractivity contribution in [3.63, 3.8) is 0 Å². The summed E-state index contributed by atoms with van der Waals surface area (Å²) in [6, 6.07) is -0.462. The van der Waals surface area contributed by atoms with Crippen LogP contribution in [0.5, 0.6) is 0 Å². The van der Waals surface area contributed by atoms with Gasteiger partial charge < -0.3 is 19.8 Å². The van der Waals surface area contributed by atoms with Crippen LogP contribution in [-0.4, -0.2) is 62.5 Å². The van der Waals surface area contributed by atoms with Crippen molar-refractivity contribution in [3.8, 4) is 0 Å². The van der Waals surface area contributed by atoms with Crippen LogP contribution in [0, 0.1) is 6.92 Å². The van der Waals surface area contributed by atoms with E-state index >= 15 is 0 Å². The van der Waals surface area contributed by atoms with Gasteiger partial charge >= 0.3 is 11.9 Å². The highest BCUT2D eigenvalue weighted by Gasteiger charge is 2.29. The highest BCUT2D eigenvalue weighted by atomic mass is 32.2. The van der Waals surface area contributed by atoms with Gasteiger partial charge in [-0.3, -0.25) is 4.79 Å². The average molecular weight is 386 g/mol. The number of carbonyl (C=O) groups excluding carboxylic acids is 3. The molecule has 0 bridgehead atoms. The fourth-order valence-corrected chi connectivity index (χ4v) is 4.56. The molecule has 9 nitrogen and oxygen atoms in total. The first-order chi connectivity index (χ1) is 12.2. The van der Waals surface area contributed by atoms with E-state index in [0.717, 1.165) is 0 Å². The summed E-state index contributed by atoms with van der Waals surface area (Å²) in [6.07, 6.45) is 0.829. The summed E-state index contributed by atoms with van der Waals surface area (Å²) in [6.45, 7) is 2.86. The van der Waals surface area contributed by atoms with Crippen LogP contribution in [-0.2, 0) is 30.5 Å². The fourth-order valence-electron chi connectivity index (χ4n) is 2.89. The first kappa shape index (κ1) is 20.0. The van der Waals surface area contributed by atoms with Crippen molar-refractivity contribution in [1.29, 1.82) is 0 Å². The Morgan fingerprint density at radius 3 is 2.50 bits per heavy atom. The van der Waals surface area contributed by atoms with Gasteiger partial charge in [-0.25, -0.2) is 18.0 Å². The second kappa shape index (κ2) is 7.90. The van der Waals surface area contributed by atoms with Crippen LogP contribution in [0.2, 0.25) is 0 Å². The summed E-state index contributed by atoms with van der Waals surface area (Å²) in [7, 11) is -1.86. The quantitative estimate of drug-likeness (QED) is 0.664. The van der Waals surface area contributed by atoms with Crippen LogP contribution < -0.4 is 5.32 Å². The molecular formula is C16H22N2O7S. The number of aromatic nitrogens is 1. The number of H-pyrrole nitrogens is 1. The molecule has 0 spiro atoms. The molecule has 1 unspecified atom stereocenters. The molecular weight excluding hydrogens is 364 g/mol. The van der Waals surface area contributed by atoms with E-state index in [1.807, 2.05) is 6.92 Å². The van der Waals surface area contributed by atoms with Crippen LogP contribution in [0.25, 0.3) is 0 Å². The third kappa shape index (κ3) is 4.43. The molecule has 1 aromatic heterocycles. The van der Waals surface area contributed by atoms with Crippen molar-refractivity contribution in [2.75, 3.05) is 25.2 Å². The van der Waals surface area contributed by atoms with Crippen LogP contribution in [0.3, 0.4) is 0 Å². The Kier molecular flexibility index (Phi) is 6.06. The van der Waals surface area contributed by atoms with E-state index in [-0.39, 0.29) is 22.8 Å². The Labute approximate surface area is 151 Å². The molecule has 1 atom stereocenters. The minimum absolute atomic E-state index is 0.0372. The number of ether oxygens (including phenoxy) is 2. The highest BCUT2D eigenvalue weighted by molar-refractivity contribution is 7.91. The number of aryl methyl sites for hydroxylation is 1. The lowest BCUT2D eigenvalue weighted by Crippen LogP contribution is -2.38. The van der Waals surface area contributed by atoms with Gasteiger partial charge in [0.2, 0.25) is 0 Å². The molecule has 0 radical (unpaired) electrons. The van der Waals surface area contributed by atoms with Crippen LogP contribution in [0.15, 0.2) is 0 Å². The molecule has 2 N–H and O–H groups in total. The number of carbonyl (C=O) groups is 3. The Morgan fingerprint density at radius 2 is 1.96 bits per heavy atom. The summed E-state index contributed by atoms with van der Waals surface area (Å²) in [5, 5.41) is 2.53. The van der Waals surface area contributed by atoms with Crippen molar-refractivity contribution in [1.82, 2.24) is 10.3 Å². The molecule has 1 amide bonds. The molecule has 1 fully saturated rings. The van der Waals surface area contributed by atoms with E-state index in [9.17, 15) is 22.8 Å². The first-order valence-electron chi connectivity index (χ1n) is 8.15. The fraction of sp³-hybridized carbons (Fsp3) is 0.562. The topological polar surface area (TPSA) is 132 Å². The van der Waals surface area contributed by atoms with Crippen LogP contribution >= 0.6 is 0 Å². The number of methoxy groups -OCH3 is 1. The Bertz CT molecular complexity index is 826. The predicted octanol–water partition coefficient (Wildman–Crippen LogP) is 0.132. The summed E-state index contributed by atoms with van der Waals surface area (Å²) >= 11 is 0. The van der Waals surface area contributed by atoms with Gasteiger partial charge in [0.05, 0.1) is 24.2 Å². The third-order valence-corrected chi connectivity index (χ3v) is 5.97. The van der Waals surface area contributed by atoms with Gasteiger partial charge in [-0.2, -0.15) is 0 Å². The molecule has 0 saturated carbocycles. The Balaban J connectivity index is 1.99. The van der Waals surface area contributed by atoms with Gasteiger partial charge in [-0.05, 0) is 25.3 Å². The van der Waals surface area contributed by atoms with Crippen molar-refractivity contribution in [3.05, 3.63) is 22.5 Å². The lowest BCUT2D eigenvalue weighted by atomic mass is 10.1. The van der Waals surface area contributed by atoms with Gasteiger partial charge in [0, 0.05) is 11.7 Å². The normalized spacial score (nSPS) is 18.3. The smallest absolute Gasteiger partial charge is 0.355 e. The van der Waals surface area contributed by atoms with E-state index in [2.05, 4.69) is 10.3 Å². The zero-order valence-electron chi connectivity index (χ0n) is 14.9. The van der Waals surface area contributed by atoms with Crippen LogP contribution in [0.1, 0.15) is 45.4 Å². The number of hydrogen-bond donors (Lipinski definition) is 2. The number of rotatable bonds is 6. The molecule has 0 aliphatic carbocycles. The molecule has 1 aliphatic rings. The van der Waals surface area contributed by atoms with Crippen molar-refractivity contribution < 1.29 is 32.3 Å². The largest absolute Gasteiger partial charge is 0.465 e. The monoisotopic (exact) mass is 386 g/mol. The second-order valence-electron chi connectivity index (χ2n) is 6.07. The van der Waals surface area contributed by atoms with Gasteiger partial charge in [0.25, 0.3) is 5.91 Å². The minimum atomic E-state index is -3.11. The zero-order chi connectivity index (χ0) is 19.5. The predicted molar refractivity (Wildman–Crippen MR) is 91.7 cm³/mol. The standard InChI is InChI=1S/C16H22N2O7S/c1-4-11-13(15(20)24-3)9(2)14(18-11)16(21)25-7-12(19)17-10-5-6-26(22,23)8-10/h10,18H,4-8H2,1-3H3,(H,17,19). The maximum Gasteiger partial charge on any atom is 0.355 e. The van der Waals surface area contributed by atoms with E-state index in [0.29, 0.717) is 24.1 Å². The SMILES string of the molecule is CCc1[nH]c(C(=O)OCC(=O)NC2CCS(=O)(=O)C2)c(C)c1C(=O)OC. The Morgan fingerprint density at radius 1 is 1.27 bits per heavy atom. The van der Waals surface area contributed by atoms with Crippen LogP contribution in [0.4, 0.5) is 0 Å². The molecule has 1 aliphatic heterocycles. The van der Waals surface area contributed by atoms with Crippen molar-refractivity contribution in [2.45, 2.75) is 32.7 Å². The van der Waals surface area contributed by atoms with Gasteiger partial charge in [0.15, 0.2) is 16.4 Å². The summed E-state index contributed by atoms with van der Waals surface area (Å²) < 4.78 is 32.4. The number of amides is 1. The summed E-state index contributed by atoms with van der Waals surface area (Å²) in [5.74, 6) is -1.98. The number of nitrogens with one attached hydrogen (secondary N) is 2. The lowest BCUT2D eigenvalue weighted by molar-refractivity contribution is -0.124. The maximum absolute atomic E-state index is 12.2. The summed E-state index contributed by atoms with van der Waals surface area (Å²) in [4.78, 5) is 38.8. The number of hydrogen-bond acceptors (Lipinski definition) is 7. The lowest BCUT2D eigenvalue weighted by Gasteiger charge is -2.11. The highest BCUT2D eigenvalue weighted by Crippen LogP contribution is 2.21. The molecule has 26 heavy (non-hydrogen) atoms. The van der Waals surface area contributed by atoms with E-state index in [1.54, 1.807) is 6.92 Å². The second-order valence-corrected chi connectivity index (χ2v) is 8.30. The third-order valence-electron chi connectivity index (χ3n) is 4.21. The van der Waals surface area contributed by atoms with Gasteiger partial charge in [-0.15, -0.1) is 0 Å². The van der Waals surface area contributed by atoms with E-state index in [1.165, 1.54) is 7.11 Å². The van der Waals surface area contributed by atoms with E-state index in [4.69, 9.17) is 9.47 Å². The molecule has 2 rings (SSSR count). The maximum atomic E-state index is 12.2. The molecule has 144 valence electrons. The zero-order valence-corrected chi connectivity index (χ0v) is 15.7. The Hall–Kier alpha value is -2.36. The number of aromatic amines is 1. The van der Waals surface area contributed by atoms with Crippen molar-refractivity contribution >= 4 is 27.7 Å². The van der Waals surface area contributed by atoms with Crippen molar-refractivity contribution in [2.24, 2.45) is 0 Å².